The van der Waals surface area contributed by atoms with Crippen LogP contribution in [0.1, 0.15) is 17.5 Å². The van der Waals surface area contributed by atoms with Gasteiger partial charge in [-0.3, -0.25) is 9.36 Å². The third-order valence-corrected chi connectivity index (χ3v) is 5.57. The molecule has 1 aliphatic rings. The molecule has 0 fully saturated rings. The lowest BCUT2D eigenvalue weighted by molar-refractivity contribution is -0.113. The van der Waals surface area contributed by atoms with Crippen molar-refractivity contribution in [1.29, 1.82) is 0 Å². The predicted molar refractivity (Wildman–Crippen MR) is 116 cm³/mol. The number of nitrogens with one attached hydrogen (secondary N) is 1. The van der Waals surface area contributed by atoms with Gasteiger partial charge in [-0.1, -0.05) is 48.2 Å². The zero-order chi connectivity index (χ0) is 20.9. The molecule has 154 valence electrons. The number of rotatable bonds is 7. The number of para-hydroxylation sites is 3. The maximum Gasteiger partial charge on any atom is 0.234 e. The Hall–Kier alpha value is -3.26. The molecule has 0 saturated carbocycles. The van der Waals surface area contributed by atoms with E-state index < -0.39 is 0 Å². The molecular weight excluding hydrogens is 400 g/mol. The first-order valence-electron chi connectivity index (χ1n) is 9.56. The standard InChI is InChI=1S/C22H22N4O3S/c1-3-12-26-21(19-13-28-17-10-6-7-11-18(17)29-19)24-25-22(26)30-14-20(27)23-16-9-5-4-8-15(16)2/h3-11,19H,1,12-14H2,2H3,(H,23,27). The van der Waals surface area contributed by atoms with Crippen LogP contribution in [-0.4, -0.2) is 33.0 Å². The van der Waals surface area contributed by atoms with Crippen LogP contribution in [0.3, 0.4) is 0 Å². The number of hydrogen-bond acceptors (Lipinski definition) is 6. The number of ether oxygens (including phenoxy) is 2. The van der Waals surface area contributed by atoms with Crippen molar-refractivity contribution in [2.45, 2.75) is 24.7 Å². The minimum Gasteiger partial charge on any atom is -0.485 e. The van der Waals surface area contributed by atoms with Crippen molar-refractivity contribution < 1.29 is 14.3 Å². The molecule has 1 N–H and O–H groups in total. The number of anilines is 1. The first-order valence-corrected chi connectivity index (χ1v) is 10.5. The monoisotopic (exact) mass is 422 g/mol. The van der Waals surface area contributed by atoms with E-state index >= 15 is 0 Å². The maximum atomic E-state index is 12.4. The molecule has 0 bridgehead atoms. The number of hydrogen-bond donors (Lipinski definition) is 1. The smallest absolute Gasteiger partial charge is 0.234 e. The Morgan fingerprint density at radius 2 is 2.00 bits per heavy atom. The number of benzene rings is 2. The number of carbonyl (C=O) groups excluding carboxylic acids is 1. The van der Waals surface area contributed by atoms with E-state index in [0.717, 1.165) is 11.3 Å². The zero-order valence-electron chi connectivity index (χ0n) is 16.6. The number of nitrogens with zero attached hydrogens (tertiary/aromatic N) is 3. The number of allylic oxidation sites excluding steroid dienone is 1. The van der Waals surface area contributed by atoms with Gasteiger partial charge in [-0.2, -0.15) is 0 Å². The Labute approximate surface area is 179 Å². The molecule has 0 spiro atoms. The fraction of sp³-hybridized carbons (Fsp3) is 0.227. The van der Waals surface area contributed by atoms with Gasteiger partial charge in [0.15, 0.2) is 28.6 Å². The molecule has 2 heterocycles. The number of fused-ring (bicyclic) bond motifs is 1. The van der Waals surface area contributed by atoms with Crippen molar-refractivity contribution in [3.63, 3.8) is 0 Å². The number of amides is 1. The highest BCUT2D eigenvalue weighted by Gasteiger charge is 2.28. The summed E-state index contributed by atoms with van der Waals surface area (Å²) in [7, 11) is 0. The molecule has 30 heavy (non-hydrogen) atoms. The van der Waals surface area contributed by atoms with Gasteiger partial charge in [0.1, 0.15) is 6.61 Å². The average Bonchev–Trinajstić information content (AvgIpc) is 3.16. The van der Waals surface area contributed by atoms with Crippen molar-refractivity contribution in [3.05, 3.63) is 72.6 Å². The summed E-state index contributed by atoms with van der Waals surface area (Å²) < 4.78 is 13.8. The summed E-state index contributed by atoms with van der Waals surface area (Å²) in [6, 6.07) is 15.2. The van der Waals surface area contributed by atoms with Gasteiger partial charge in [0.2, 0.25) is 5.91 Å². The Balaban J connectivity index is 1.46. The fourth-order valence-electron chi connectivity index (χ4n) is 3.12. The minimum absolute atomic E-state index is 0.102. The van der Waals surface area contributed by atoms with Crippen LogP contribution >= 0.6 is 11.8 Å². The van der Waals surface area contributed by atoms with E-state index in [1.165, 1.54) is 11.8 Å². The normalized spacial score (nSPS) is 14.9. The van der Waals surface area contributed by atoms with Crippen molar-refractivity contribution >= 4 is 23.4 Å². The van der Waals surface area contributed by atoms with Gasteiger partial charge in [-0.15, -0.1) is 16.8 Å². The molecular formula is C22H22N4O3S. The van der Waals surface area contributed by atoms with Crippen LogP contribution in [0.4, 0.5) is 5.69 Å². The van der Waals surface area contributed by atoms with Gasteiger partial charge in [0, 0.05) is 12.2 Å². The van der Waals surface area contributed by atoms with Gasteiger partial charge in [0.05, 0.1) is 5.75 Å². The van der Waals surface area contributed by atoms with Crippen LogP contribution in [-0.2, 0) is 11.3 Å². The lowest BCUT2D eigenvalue weighted by Crippen LogP contribution is -2.25. The van der Waals surface area contributed by atoms with Crippen molar-refractivity contribution in [2.75, 3.05) is 17.7 Å². The van der Waals surface area contributed by atoms with Gasteiger partial charge in [-0.25, -0.2) is 0 Å². The number of carbonyl (C=O) groups is 1. The number of thioether (sulfide) groups is 1. The molecule has 1 atom stereocenters. The van der Waals surface area contributed by atoms with Crippen molar-refractivity contribution in [3.8, 4) is 11.5 Å². The predicted octanol–water partition coefficient (Wildman–Crippen LogP) is 4.02. The summed E-state index contributed by atoms with van der Waals surface area (Å²) in [6.45, 7) is 6.62. The zero-order valence-corrected chi connectivity index (χ0v) is 17.4. The summed E-state index contributed by atoms with van der Waals surface area (Å²) in [4.78, 5) is 12.4. The maximum absolute atomic E-state index is 12.4. The summed E-state index contributed by atoms with van der Waals surface area (Å²) in [5, 5.41) is 12.2. The van der Waals surface area contributed by atoms with E-state index in [1.54, 1.807) is 6.08 Å². The van der Waals surface area contributed by atoms with E-state index in [4.69, 9.17) is 9.47 Å². The summed E-state index contributed by atoms with van der Waals surface area (Å²) in [5.41, 5.74) is 1.82. The van der Waals surface area contributed by atoms with E-state index in [9.17, 15) is 4.79 Å². The Morgan fingerprint density at radius 1 is 1.23 bits per heavy atom. The largest absolute Gasteiger partial charge is 0.485 e. The summed E-state index contributed by atoms with van der Waals surface area (Å²) in [6.07, 6.45) is 1.38. The summed E-state index contributed by atoms with van der Waals surface area (Å²) in [5.74, 6) is 2.15. The molecule has 0 radical (unpaired) electrons. The van der Waals surface area contributed by atoms with Crippen molar-refractivity contribution in [2.24, 2.45) is 0 Å². The van der Waals surface area contributed by atoms with Crippen LogP contribution < -0.4 is 14.8 Å². The van der Waals surface area contributed by atoms with Crippen LogP contribution in [0.25, 0.3) is 0 Å². The van der Waals surface area contributed by atoms with E-state index in [1.807, 2.05) is 60.0 Å². The lowest BCUT2D eigenvalue weighted by Gasteiger charge is -2.26. The third kappa shape index (κ3) is 4.33. The highest BCUT2D eigenvalue weighted by atomic mass is 32.2. The molecule has 0 aliphatic carbocycles. The molecule has 4 rings (SSSR count). The quantitative estimate of drug-likeness (QED) is 0.458. The topological polar surface area (TPSA) is 78.3 Å². The average molecular weight is 423 g/mol. The van der Waals surface area contributed by atoms with E-state index in [2.05, 4.69) is 22.1 Å². The molecule has 1 aromatic heterocycles. The SMILES string of the molecule is C=CCn1c(SCC(=O)Nc2ccccc2C)nnc1C1COc2ccccc2O1. The van der Waals surface area contributed by atoms with E-state index in [0.29, 0.717) is 35.6 Å². The second-order valence-corrected chi connectivity index (χ2v) is 7.70. The first kappa shape index (κ1) is 20.0. The highest BCUT2D eigenvalue weighted by Crippen LogP contribution is 2.36. The Morgan fingerprint density at radius 3 is 2.80 bits per heavy atom. The van der Waals surface area contributed by atoms with Crippen LogP contribution in [0, 0.1) is 6.92 Å². The fourth-order valence-corrected chi connectivity index (χ4v) is 3.88. The first-order chi connectivity index (χ1) is 14.7. The van der Waals surface area contributed by atoms with E-state index in [-0.39, 0.29) is 17.8 Å². The molecule has 8 heteroatoms. The van der Waals surface area contributed by atoms with Gasteiger partial charge < -0.3 is 14.8 Å². The van der Waals surface area contributed by atoms with Gasteiger partial charge in [0.25, 0.3) is 0 Å². The molecule has 3 aromatic rings. The van der Waals surface area contributed by atoms with Crippen molar-refractivity contribution in [1.82, 2.24) is 14.8 Å². The molecule has 1 amide bonds. The van der Waals surface area contributed by atoms with Crippen LogP contribution in [0.15, 0.2) is 66.3 Å². The number of aryl methyl sites for hydroxylation is 1. The molecule has 1 aliphatic heterocycles. The second-order valence-electron chi connectivity index (χ2n) is 6.76. The third-order valence-electron chi connectivity index (χ3n) is 4.61. The van der Waals surface area contributed by atoms with Gasteiger partial charge >= 0.3 is 0 Å². The molecule has 2 aromatic carbocycles. The number of aromatic nitrogens is 3. The lowest BCUT2D eigenvalue weighted by atomic mass is 10.2. The van der Waals surface area contributed by atoms with Crippen LogP contribution in [0.2, 0.25) is 0 Å². The van der Waals surface area contributed by atoms with Crippen LogP contribution in [0.5, 0.6) is 11.5 Å². The molecule has 7 nitrogen and oxygen atoms in total. The van der Waals surface area contributed by atoms with Gasteiger partial charge in [-0.05, 0) is 30.7 Å². The Kier molecular flexibility index (Phi) is 6.04. The molecule has 1 unspecified atom stereocenters. The highest BCUT2D eigenvalue weighted by molar-refractivity contribution is 7.99. The Bertz CT molecular complexity index is 1070. The molecule has 0 saturated heterocycles. The minimum atomic E-state index is -0.387. The second kappa shape index (κ2) is 9.04. The summed E-state index contributed by atoms with van der Waals surface area (Å²) >= 11 is 1.32.